The van der Waals surface area contributed by atoms with E-state index in [0.717, 1.165) is 35.3 Å². The molecule has 0 bridgehead atoms. The highest BCUT2D eigenvalue weighted by molar-refractivity contribution is 6.30. The fourth-order valence-electron chi connectivity index (χ4n) is 3.53. The van der Waals surface area contributed by atoms with E-state index in [9.17, 15) is 9.59 Å². The Labute approximate surface area is 186 Å². The Balaban J connectivity index is 1.64. The van der Waals surface area contributed by atoms with Crippen LogP contribution in [0.15, 0.2) is 54.7 Å². The van der Waals surface area contributed by atoms with Crippen LogP contribution in [0.4, 0.5) is 5.95 Å². The number of nitrogens with one attached hydrogen (secondary N) is 1. The van der Waals surface area contributed by atoms with Gasteiger partial charge in [0.15, 0.2) is 0 Å². The van der Waals surface area contributed by atoms with Crippen molar-refractivity contribution in [1.29, 1.82) is 0 Å². The third-order valence-corrected chi connectivity index (χ3v) is 5.55. The number of imidazole rings is 1. The SMILES string of the molecule is CCC(=O)N(CC(=O)Nc1nc(-c2ccc(Cl)cc2)cn1-c1cccc(C)c1)C1CC1. The quantitative estimate of drug-likeness (QED) is 0.576. The number of rotatable bonds is 7. The Hall–Kier alpha value is -3.12. The van der Waals surface area contributed by atoms with E-state index in [0.29, 0.717) is 17.4 Å². The van der Waals surface area contributed by atoms with Gasteiger partial charge < -0.3 is 4.90 Å². The first-order valence-corrected chi connectivity index (χ1v) is 10.8. The van der Waals surface area contributed by atoms with Crippen molar-refractivity contribution in [3.63, 3.8) is 0 Å². The summed E-state index contributed by atoms with van der Waals surface area (Å²) in [6.45, 7) is 3.87. The van der Waals surface area contributed by atoms with E-state index < -0.39 is 0 Å². The summed E-state index contributed by atoms with van der Waals surface area (Å²) in [6, 6.07) is 15.6. The summed E-state index contributed by atoms with van der Waals surface area (Å²) in [5.74, 6) is 0.164. The lowest BCUT2D eigenvalue weighted by molar-refractivity contribution is -0.135. The zero-order chi connectivity index (χ0) is 22.0. The van der Waals surface area contributed by atoms with Crippen LogP contribution in [0.25, 0.3) is 16.9 Å². The molecule has 1 saturated carbocycles. The number of amides is 2. The number of halogens is 1. The number of aromatic nitrogens is 2. The zero-order valence-electron chi connectivity index (χ0n) is 17.6. The largest absolute Gasteiger partial charge is 0.330 e. The minimum Gasteiger partial charge on any atom is -0.330 e. The van der Waals surface area contributed by atoms with Crippen LogP contribution in [-0.2, 0) is 9.59 Å². The zero-order valence-corrected chi connectivity index (χ0v) is 18.4. The Morgan fingerprint density at radius 2 is 1.94 bits per heavy atom. The third kappa shape index (κ3) is 4.97. The smallest absolute Gasteiger partial charge is 0.246 e. The van der Waals surface area contributed by atoms with Crippen molar-refractivity contribution in [2.24, 2.45) is 0 Å². The maximum absolute atomic E-state index is 12.8. The fourth-order valence-corrected chi connectivity index (χ4v) is 3.66. The maximum atomic E-state index is 12.8. The normalized spacial score (nSPS) is 13.1. The van der Waals surface area contributed by atoms with E-state index in [1.54, 1.807) is 4.90 Å². The van der Waals surface area contributed by atoms with Gasteiger partial charge in [0.05, 0.1) is 5.69 Å². The number of hydrogen-bond acceptors (Lipinski definition) is 3. The Morgan fingerprint density at radius 1 is 1.19 bits per heavy atom. The molecule has 1 aliphatic carbocycles. The lowest BCUT2D eigenvalue weighted by atomic mass is 10.2. The average molecular weight is 437 g/mol. The van der Waals surface area contributed by atoms with Gasteiger partial charge in [0.1, 0.15) is 6.54 Å². The second-order valence-corrected chi connectivity index (χ2v) is 8.26. The number of nitrogens with zero attached hydrogens (tertiary/aromatic N) is 3. The second kappa shape index (κ2) is 8.94. The van der Waals surface area contributed by atoms with E-state index in [2.05, 4.69) is 10.3 Å². The number of hydrogen-bond donors (Lipinski definition) is 1. The molecule has 1 fully saturated rings. The molecule has 160 valence electrons. The molecule has 0 spiro atoms. The highest BCUT2D eigenvalue weighted by Crippen LogP contribution is 2.28. The van der Waals surface area contributed by atoms with Crippen LogP contribution in [-0.4, -0.2) is 38.9 Å². The molecule has 31 heavy (non-hydrogen) atoms. The van der Waals surface area contributed by atoms with Crippen LogP contribution < -0.4 is 5.32 Å². The predicted octanol–water partition coefficient (Wildman–Crippen LogP) is 4.84. The number of benzene rings is 2. The summed E-state index contributed by atoms with van der Waals surface area (Å²) in [5.41, 5.74) is 3.61. The molecular weight excluding hydrogens is 412 g/mol. The molecular formula is C24H25ClN4O2. The second-order valence-electron chi connectivity index (χ2n) is 7.82. The Bertz CT molecular complexity index is 1100. The van der Waals surface area contributed by atoms with Gasteiger partial charge in [0, 0.05) is 34.9 Å². The number of carbonyl (C=O) groups excluding carboxylic acids is 2. The molecule has 1 aliphatic rings. The summed E-state index contributed by atoms with van der Waals surface area (Å²) < 4.78 is 1.86. The Morgan fingerprint density at radius 3 is 2.58 bits per heavy atom. The first-order valence-electron chi connectivity index (χ1n) is 10.5. The molecule has 1 heterocycles. The first-order chi connectivity index (χ1) is 14.9. The van der Waals surface area contributed by atoms with Crippen LogP contribution in [0.5, 0.6) is 0 Å². The molecule has 0 atom stereocenters. The standard InChI is InChI=1S/C24H25ClN4O2/c1-3-23(31)28(19-11-12-19)15-22(30)27-24-26-21(17-7-9-18(25)10-8-17)14-29(24)20-6-4-5-16(2)13-20/h4-10,13-14,19H,3,11-12,15H2,1-2H3,(H,26,27,30). The van der Waals surface area contributed by atoms with Gasteiger partial charge in [-0.15, -0.1) is 0 Å². The van der Waals surface area contributed by atoms with E-state index in [4.69, 9.17) is 11.6 Å². The van der Waals surface area contributed by atoms with Crippen molar-refractivity contribution in [3.05, 3.63) is 65.3 Å². The fraction of sp³-hybridized carbons (Fsp3) is 0.292. The van der Waals surface area contributed by atoms with E-state index in [-0.39, 0.29) is 24.4 Å². The highest BCUT2D eigenvalue weighted by atomic mass is 35.5. The van der Waals surface area contributed by atoms with Crippen LogP contribution in [0.1, 0.15) is 31.7 Å². The van der Waals surface area contributed by atoms with Crippen LogP contribution >= 0.6 is 11.6 Å². The van der Waals surface area contributed by atoms with E-state index >= 15 is 0 Å². The first kappa shape index (κ1) is 21.1. The molecule has 0 radical (unpaired) electrons. The predicted molar refractivity (Wildman–Crippen MR) is 122 cm³/mol. The van der Waals surface area contributed by atoms with Crippen molar-refractivity contribution >= 4 is 29.4 Å². The van der Waals surface area contributed by atoms with Gasteiger partial charge in [0.2, 0.25) is 17.8 Å². The van der Waals surface area contributed by atoms with Crippen LogP contribution in [0, 0.1) is 6.92 Å². The molecule has 1 aromatic heterocycles. The lowest BCUT2D eigenvalue weighted by Crippen LogP contribution is -2.39. The van der Waals surface area contributed by atoms with Crippen LogP contribution in [0.2, 0.25) is 5.02 Å². The van der Waals surface area contributed by atoms with E-state index in [1.165, 1.54) is 0 Å². The Kier molecular flexibility index (Phi) is 6.09. The van der Waals surface area contributed by atoms with Crippen molar-refractivity contribution in [2.45, 2.75) is 39.2 Å². The van der Waals surface area contributed by atoms with Gasteiger partial charge in [-0.25, -0.2) is 4.98 Å². The van der Waals surface area contributed by atoms with Crippen molar-refractivity contribution in [3.8, 4) is 16.9 Å². The van der Waals surface area contributed by atoms with E-state index in [1.807, 2.05) is 73.1 Å². The maximum Gasteiger partial charge on any atom is 0.246 e. The van der Waals surface area contributed by atoms with Gasteiger partial charge >= 0.3 is 0 Å². The van der Waals surface area contributed by atoms with Gasteiger partial charge in [-0.3, -0.25) is 19.5 Å². The minimum atomic E-state index is -0.254. The monoisotopic (exact) mass is 436 g/mol. The topological polar surface area (TPSA) is 67.2 Å². The average Bonchev–Trinajstić information content (AvgIpc) is 3.52. The van der Waals surface area contributed by atoms with Gasteiger partial charge in [-0.2, -0.15) is 0 Å². The molecule has 1 N–H and O–H groups in total. The summed E-state index contributed by atoms with van der Waals surface area (Å²) in [7, 11) is 0. The number of anilines is 1. The van der Waals surface area contributed by atoms with Gasteiger partial charge in [0.25, 0.3) is 0 Å². The summed E-state index contributed by atoms with van der Waals surface area (Å²) in [4.78, 5) is 31.4. The minimum absolute atomic E-state index is 0.00142. The molecule has 2 amide bonds. The molecule has 3 aromatic rings. The third-order valence-electron chi connectivity index (χ3n) is 5.30. The molecule has 7 heteroatoms. The molecule has 0 saturated heterocycles. The highest BCUT2D eigenvalue weighted by Gasteiger charge is 2.33. The van der Waals surface area contributed by atoms with Crippen LogP contribution in [0.3, 0.4) is 0 Å². The number of carbonyl (C=O) groups is 2. The van der Waals surface area contributed by atoms with Crippen molar-refractivity contribution in [2.75, 3.05) is 11.9 Å². The van der Waals surface area contributed by atoms with Crippen molar-refractivity contribution in [1.82, 2.24) is 14.5 Å². The summed E-state index contributed by atoms with van der Waals surface area (Å²) in [6.07, 6.45) is 4.20. The number of aryl methyl sites for hydroxylation is 1. The van der Waals surface area contributed by atoms with Gasteiger partial charge in [-0.05, 0) is 49.6 Å². The summed E-state index contributed by atoms with van der Waals surface area (Å²) >= 11 is 6.02. The van der Waals surface area contributed by atoms with Crippen molar-refractivity contribution < 1.29 is 9.59 Å². The lowest BCUT2D eigenvalue weighted by Gasteiger charge is -2.21. The molecule has 0 aliphatic heterocycles. The van der Waals surface area contributed by atoms with Gasteiger partial charge in [-0.1, -0.05) is 42.8 Å². The molecule has 6 nitrogen and oxygen atoms in total. The summed E-state index contributed by atoms with van der Waals surface area (Å²) in [5, 5.41) is 3.56. The molecule has 0 unspecified atom stereocenters. The molecule has 2 aromatic carbocycles. The molecule has 4 rings (SSSR count).